The van der Waals surface area contributed by atoms with E-state index in [0.717, 1.165) is 12.1 Å². The monoisotopic (exact) mass is 375 g/mol. The van der Waals surface area contributed by atoms with Gasteiger partial charge in [0.25, 0.3) is 0 Å². The number of Topliss-reactive ketones (excluding diaryl/α,β-unsaturated/α-hetero) is 1. The van der Waals surface area contributed by atoms with Crippen molar-refractivity contribution in [2.75, 3.05) is 11.9 Å². The van der Waals surface area contributed by atoms with Gasteiger partial charge in [-0.05, 0) is 42.0 Å². The molecule has 1 N–H and O–H groups in total. The first kappa shape index (κ1) is 19.3. The molecule has 5 nitrogen and oxygen atoms in total. The molecule has 2 aromatic rings. The highest BCUT2D eigenvalue weighted by Gasteiger charge is 2.14. The van der Waals surface area contributed by atoms with E-state index < -0.39 is 24.2 Å². The Kier molecular flexibility index (Phi) is 6.63. The molecular formula is C19H15ClFNO4. The first-order valence-corrected chi connectivity index (χ1v) is 7.93. The summed E-state index contributed by atoms with van der Waals surface area (Å²) in [4.78, 5) is 34.6. The van der Waals surface area contributed by atoms with Gasteiger partial charge < -0.3 is 10.1 Å². The predicted octanol–water partition coefficient (Wildman–Crippen LogP) is 3.88. The summed E-state index contributed by atoms with van der Waals surface area (Å²) >= 11 is 5.83. The lowest BCUT2D eigenvalue weighted by Crippen LogP contribution is -2.14. The van der Waals surface area contributed by atoms with Crippen molar-refractivity contribution in [2.24, 2.45) is 0 Å². The standard InChI is InChI=1S/C19H15ClFNO4/c1-12(23)22-15-6-7-16(17(21)10-15)18(24)11-26-19(25)8-5-13-3-2-4-14(20)9-13/h2-10H,11H2,1H3,(H,22,23)/b8-5+. The van der Waals surface area contributed by atoms with Crippen LogP contribution in [0.1, 0.15) is 22.8 Å². The average molecular weight is 376 g/mol. The number of ketones is 1. The molecule has 0 spiro atoms. The quantitative estimate of drug-likeness (QED) is 0.472. The summed E-state index contributed by atoms with van der Waals surface area (Å²) < 4.78 is 18.8. The van der Waals surface area contributed by atoms with Gasteiger partial charge in [0.2, 0.25) is 11.7 Å². The molecule has 1 amide bonds. The third kappa shape index (κ3) is 5.82. The highest BCUT2D eigenvalue weighted by Crippen LogP contribution is 2.15. The Balaban J connectivity index is 1.93. The second kappa shape index (κ2) is 8.92. The molecule has 0 bridgehead atoms. The van der Waals surface area contributed by atoms with Gasteiger partial charge in [-0.2, -0.15) is 0 Å². The Morgan fingerprint density at radius 3 is 2.62 bits per heavy atom. The van der Waals surface area contributed by atoms with E-state index in [-0.39, 0.29) is 17.2 Å². The molecule has 0 fully saturated rings. The van der Waals surface area contributed by atoms with E-state index in [1.54, 1.807) is 24.3 Å². The van der Waals surface area contributed by atoms with Gasteiger partial charge in [0, 0.05) is 23.7 Å². The summed E-state index contributed by atoms with van der Waals surface area (Å²) in [6.07, 6.45) is 2.64. The van der Waals surface area contributed by atoms with Crippen molar-refractivity contribution in [1.82, 2.24) is 0 Å². The number of carbonyl (C=O) groups is 3. The number of halogens is 2. The smallest absolute Gasteiger partial charge is 0.331 e. The number of benzene rings is 2. The summed E-state index contributed by atoms with van der Waals surface area (Å²) in [5.41, 5.74) is 0.694. The van der Waals surface area contributed by atoms with Crippen molar-refractivity contribution < 1.29 is 23.5 Å². The molecule has 134 valence electrons. The molecular weight excluding hydrogens is 361 g/mol. The lowest BCUT2D eigenvalue weighted by atomic mass is 10.1. The van der Waals surface area contributed by atoms with Gasteiger partial charge in [-0.25, -0.2) is 9.18 Å². The summed E-state index contributed by atoms with van der Waals surface area (Å²) in [7, 11) is 0. The normalized spacial score (nSPS) is 10.6. The Labute approximate surface area is 154 Å². The number of hydrogen-bond donors (Lipinski definition) is 1. The van der Waals surface area contributed by atoms with Crippen LogP contribution in [-0.4, -0.2) is 24.3 Å². The van der Waals surface area contributed by atoms with Crippen molar-refractivity contribution >= 4 is 41.0 Å². The van der Waals surface area contributed by atoms with E-state index in [1.165, 1.54) is 25.1 Å². The Morgan fingerprint density at radius 1 is 1.19 bits per heavy atom. The molecule has 0 radical (unpaired) electrons. The topological polar surface area (TPSA) is 72.5 Å². The largest absolute Gasteiger partial charge is 0.454 e. The minimum atomic E-state index is -0.813. The molecule has 0 aliphatic rings. The molecule has 7 heteroatoms. The number of ether oxygens (including phenoxy) is 1. The van der Waals surface area contributed by atoms with Crippen molar-refractivity contribution in [3.05, 3.63) is 70.5 Å². The van der Waals surface area contributed by atoms with Crippen LogP contribution in [0.25, 0.3) is 6.08 Å². The molecule has 0 aliphatic carbocycles. The van der Waals surface area contributed by atoms with Crippen LogP contribution < -0.4 is 5.32 Å². The Morgan fingerprint density at radius 2 is 1.96 bits per heavy atom. The van der Waals surface area contributed by atoms with Gasteiger partial charge in [-0.15, -0.1) is 0 Å². The van der Waals surface area contributed by atoms with Gasteiger partial charge in [0.15, 0.2) is 6.61 Å². The summed E-state index contributed by atoms with van der Waals surface area (Å²) in [5, 5.41) is 2.93. The fraction of sp³-hybridized carbons (Fsp3) is 0.105. The molecule has 2 aromatic carbocycles. The Bertz CT molecular complexity index is 880. The predicted molar refractivity (Wildman–Crippen MR) is 96.5 cm³/mol. The maximum Gasteiger partial charge on any atom is 0.331 e. The van der Waals surface area contributed by atoms with E-state index in [9.17, 15) is 18.8 Å². The number of esters is 1. The van der Waals surface area contributed by atoms with Crippen molar-refractivity contribution in [2.45, 2.75) is 6.92 Å². The molecule has 0 heterocycles. The molecule has 2 rings (SSSR count). The Hall–Kier alpha value is -2.99. The number of amides is 1. The highest BCUT2D eigenvalue weighted by atomic mass is 35.5. The van der Waals surface area contributed by atoms with Crippen LogP contribution in [0.3, 0.4) is 0 Å². The van der Waals surface area contributed by atoms with Gasteiger partial charge in [-0.1, -0.05) is 23.7 Å². The summed E-state index contributed by atoms with van der Waals surface area (Å²) in [6, 6.07) is 10.5. The zero-order valence-corrected chi connectivity index (χ0v) is 14.5. The van der Waals surface area contributed by atoms with Crippen LogP contribution in [0.5, 0.6) is 0 Å². The SMILES string of the molecule is CC(=O)Nc1ccc(C(=O)COC(=O)/C=C/c2cccc(Cl)c2)c(F)c1. The molecule has 0 saturated carbocycles. The first-order chi connectivity index (χ1) is 12.3. The van der Waals surface area contributed by atoms with E-state index >= 15 is 0 Å². The van der Waals surface area contributed by atoms with Gasteiger partial charge in [-0.3, -0.25) is 9.59 Å². The second-order valence-electron chi connectivity index (χ2n) is 5.30. The zero-order valence-electron chi connectivity index (χ0n) is 13.8. The van der Waals surface area contributed by atoms with E-state index in [0.29, 0.717) is 10.6 Å². The first-order valence-electron chi connectivity index (χ1n) is 7.56. The highest BCUT2D eigenvalue weighted by molar-refractivity contribution is 6.30. The molecule has 0 atom stereocenters. The molecule has 26 heavy (non-hydrogen) atoms. The molecule has 0 saturated heterocycles. The minimum absolute atomic E-state index is 0.230. The molecule has 0 aromatic heterocycles. The number of anilines is 1. The average Bonchev–Trinajstić information content (AvgIpc) is 2.57. The van der Waals surface area contributed by atoms with Crippen LogP contribution in [-0.2, 0) is 14.3 Å². The zero-order chi connectivity index (χ0) is 19.1. The number of rotatable bonds is 6. The molecule has 0 aliphatic heterocycles. The lowest BCUT2D eigenvalue weighted by molar-refractivity contribution is -0.136. The maximum absolute atomic E-state index is 13.9. The maximum atomic E-state index is 13.9. The van der Waals surface area contributed by atoms with Gasteiger partial charge in [0.05, 0.1) is 5.56 Å². The fourth-order valence-electron chi connectivity index (χ4n) is 2.06. The van der Waals surface area contributed by atoms with E-state index in [1.807, 2.05) is 0 Å². The van der Waals surface area contributed by atoms with Crippen molar-refractivity contribution in [3.63, 3.8) is 0 Å². The number of nitrogens with one attached hydrogen (secondary N) is 1. The molecule has 0 unspecified atom stereocenters. The second-order valence-corrected chi connectivity index (χ2v) is 5.73. The van der Waals surface area contributed by atoms with Crippen LogP contribution in [0.15, 0.2) is 48.5 Å². The van der Waals surface area contributed by atoms with Crippen LogP contribution in [0, 0.1) is 5.82 Å². The third-order valence-corrected chi connectivity index (χ3v) is 3.43. The summed E-state index contributed by atoms with van der Waals surface area (Å²) in [5.74, 6) is -2.61. The fourth-order valence-corrected chi connectivity index (χ4v) is 2.26. The van der Waals surface area contributed by atoms with Gasteiger partial charge in [0.1, 0.15) is 5.82 Å². The van der Waals surface area contributed by atoms with Crippen molar-refractivity contribution in [1.29, 1.82) is 0 Å². The van der Waals surface area contributed by atoms with Crippen LogP contribution in [0.2, 0.25) is 5.02 Å². The third-order valence-electron chi connectivity index (χ3n) is 3.20. The van der Waals surface area contributed by atoms with Crippen LogP contribution in [0.4, 0.5) is 10.1 Å². The number of hydrogen-bond acceptors (Lipinski definition) is 4. The van der Waals surface area contributed by atoms with Crippen LogP contribution >= 0.6 is 11.6 Å². The lowest BCUT2D eigenvalue weighted by Gasteiger charge is -2.06. The van der Waals surface area contributed by atoms with Crippen molar-refractivity contribution in [3.8, 4) is 0 Å². The van der Waals surface area contributed by atoms with E-state index in [4.69, 9.17) is 16.3 Å². The summed E-state index contributed by atoms with van der Waals surface area (Å²) in [6.45, 7) is 0.683. The number of carbonyl (C=O) groups excluding carboxylic acids is 3. The minimum Gasteiger partial charge on any atom is -0.454 e. The van der Waals surface area contributed by atoms with E-state index in [2.05, 4.69) is 5.32 Å². The van der Waals surface area contributed by atoms with Gasteiger partial charge >= 0.3 is 5.97 Å².